The van der Waals surface area contributed by atoms with Crippen molar-refractivity contribution in [1.82, 2.24) is 0 Å². The third kappa shape index (κ3) is 4.81. The summed E-state index contributed by atoms with van der Waals surface area (Å²) < 4.78 is 0.915. The number of allylic oxidation sites excluding steroid dienone is 3. The highest BCUT2D eigenvalue weighted by Gasteiger charge is 2.41. The van der Waals surface area contributed by atoms with E-state index < -0.39 is 5.92 Å². The highest BCUT2D eigenvalue weighted by atomic mass is 79.9. The molecule has 0 fully saturated rings. The quantitative estimate of drug-likeness (QED) is 0.308. The van der Waals surface area contributed by atoms with E-state index in [9.17, 15) is 10.1 Å². The smallest absolute Gasteiger partial charge is 0.161 e. The maximum atomic E-state index is 13.6. The standard InChI is InChI=1S/C32H30BrN3OS/c1-19-14-22(18-38-29-13-5-4-8-20(29)2)21(3)25(15-19)30-26(17-34)32(35)36(24-10-6-9-23(33)16-24)27-11-7-12-28(37)31(27)30/h4-6,8-10,13-16,30H,7,11-12,18,35H2,1-3H3. The van der Waals surface area contributed by atoms with Crippen LogP contribution in [0.15, 0.2) is 92.7 Å². The van der Waals surface area contributed by atoms with Gasteiger partial charge < -0.3 is 5.73 Å². The summed E-state index contributed by atoms with van der Waals surface area (Å²) in [6, 6.07) is 23.0. The summed E-state index contributed by atoms with van der Waals surface area (Å²) in [5, 5.41) is 10.4. The number of nitriles is 1. The Morgan fingerprint density at radius 2 is 1.87 bits per heavy atom. The lowest BCUT2D eigenvalue weighted by atomic mass is 9.73. The molecule has 0 spiro atoms. The first kappa shape index (κ1) is 26.3. The molecule has 0 radical (unpaired) electrons. The van der Waals surface area contributed by atoms with Crippen molar-refractivity contribution >= 4 is 39.2 Å². The number of carbonyl (C=O) groups is 1. The molecule has 192 valence electrons. The van der Waals surface area contributed by atoms with Crippen LogP contribution in [-0.4, -0.2) is 5.78 Å². The van der Waals surface area contributed by atoms with E-state index in [-0.39, 0.29) is 5.78 Å². The number of thioether (sulfide) groups is 1. The summed E-state index contributed by atoms with van der Waals surface area (Å²) in [5.74, 6) is 0.853. The normalized spacial score (nSPS) is 17.5. The molecular weight excluding hydrogens is 554 g/mol. The molecule has 6 heteroatoms. The lowest BCUT2D eigenvalue weighted by Gasteiger charge is -2.40. The molecule has 2 N–H and O–H groups in total. The Labute approximate surface area is 237 Å². The number of hydrogen-bond donors (Lipinski definition) is 1. The number of carbonyl (C=O) groups excluding carboxylic acids is 1. The van der Waals surface area contributed by atoms with Crippen molar-refractivity contribution in [3.8, 4) is 6.07 Å². The molecule has 38 heavy (non-hydrogen) atoms. The molecule has 3 aromatic rings. The van der Waals surface area contributed by atoms with E-state index in [4.69, 9.17) is 5.73 Å². The molecule has 3 aromatic carbocycles. The second-order valence-electron chi connectivity index (χ2n) is 9.99. The summed E-state index contributed by atoms with van der Waals surface area (Å²) in [7, 11) is 0. The summed E-state index contributed by atoms with van der Waals surface area (Å²) in [5.41, 5.74) is 15.4. The van der Waals surface area contributed by atoms with Crippen LogP contribution in [0.5, 0.6) is 0 Å². The number of hydrogen-bond acceptors (Lipinski definition) is 5. The van der Waals surface area contributed by atoms with Crippen molar-refractivity contribution in [2.45, 2.75) is 56.6 Å². The Morgan fingerprint density at radius 1 is 1.08 bits per heavy atom. The van der Waals surface area contributed by atoms with E-state index in [1.165, 1.54) is 16.0 Å². The number of aryl methyl sites for hydroxylation is 2. The van der Waals surface area contributed by atoms with Gasteiger partial charge in [0.15, 0.2) is 5.78 Å². The van der Waals surface area contributed by atoms with Crippen LogP contribution >= 0.6 is 27.7 Å². The number of nitrogens with zero attached hydrogens (tertiary/aromatic N) is 2. The van der Waals surface area contributed by atoms with Gasteiger partial charge in [0.05, 0.1) is 17.6 Å². The van der Waals surface area contributed by atoms with Gasteiger partial charge in [-0.05, 0) is 80.1 Å². The number of ketones is 1. The zero-order valence-electron chi connectivity index (χ0n) is 21.8. The maximum Gasteiger partial charge on any atom is 0.161 e. The third-order valence-corrected chi connectivity index (χ3v) is 9.18. The van der Waals surface area contributed by atoms with E-state index in [1.807, 2.05) is 40.9 Å². The molecule has 0 amide bonds. The molecule has 5 rings (SSSR count). The number of rotatable bonds is 5. The van der Waals surface area contributed by atoms with Gasteiger partial charge in [-0.25, -0.2) is 0 Å². The number of benzene rings is 3. The molecule has 2 aliphatic rings. The molecule has 0 saturated heterocycles. The van der Waals surface area contributed by atoms with Crippen LogP contribution in [0.3, 0.4) is 0 Å². The minimum atomic E-state index is -0.465. The Morgan fingerprint density at radius 3 is 2.61 bits per heavy atom. The summed E-state index contributed by atoms with van der Waals surface area (Å²) in [4.78, 5) is 16.8. The molecule has 1 aliphatic carbocycles. The largest absolute Gasteiger partial charge is 0.384 e. The Kier molecular flexibility index (Phi) is 7.52. The first-order valence-corrected chi connectivity index (χ1v) is 14.6. The van der Waals surface area contributed by atoms with Crippen molar-refractivity contribution in [2.75, 3.05) is 4.90 Å². The van der Waals surface area contributed by atoms with Crippen LogP contribution < -0.4 is 10.6 Å². The van der Waals surface area contributed by atoms with Crippen molar-refractivity contribution < 1.29 is 4.79 Å². The fourth-order valence-corrected chi connectivity index (χ4v) is 7.06. The number of nitrogens with two attached hydrogens (primary N) is 1. The maximum absolute atomic E-state index is 13.6. The fourth-order valence-electron chi connectivity index (χ4n) is 5.59. The van der Waals surface area contributed by atoms with Crippen molar-refractivity contribution in [3.05, 3.63) is 116 Å². The van der Waals surface area contributed by atoms with E-state index >= 15 is 0 Å². The van der Waals surface area contributed by atoms with Crippen LogP contribution in [0.25, 0.3) is 0 Å². The number of halogens is 1. The molecule has 1 aliphatic heterocycles. The molecule has 4 nitrogen and oxygen atoms in total. The van der Waals surface area contributed by atoms with Crippen LogP contribution in [-0.2, 0) is 10.5 Å². The van der Waals surface area contributed by atoms with E-state index in [2.05, 4.69) is 79.2 Å². The lowest BCUT2D eigenvalue weighted by Crippen LogP contribution is -2.39. The highest BCUT2D eigenvalue weighted by molar-refractivity contribution is 9.10. The lowest BCUT2D eigenvalue weighted by molar-refractivity contribution is -0.116. The second kappa shape index (κ2) is 10.8. The average molecular weight is 585 g/mol. The van der Waals surface area contributed by atoms with Gasteiger partial charge in [0.1, 0.15) is 5.82 Å². The van der Waals surface area contributed by atoms with Gasteiger partial charge in [-0.2, -0.15) is 5.26 Å². The minimum Gasteiger partial charge on any atom is -0.384 e. The third-order valence-electron chi connectivity index (χ3n) is 7.47. The SMILES string of the molecule is Cc1cc(CSc2ccccc2C)c(C)c(C2C(C#N)=C(N)N(c3cccc(Br)c3)C3=C2C(=O)CCC3)c1. The number of anilines is 1. The predicted molar refractivity (Wildman–Crippen MR) is 159 cm³/mol. The van der Waals surface area contributed by atoms with Crippen LogP contribution in [0.4, 0.5) is 5.69 Å². The highest BCUT2D eigenvalue weighted by Crippen LogP contribution is 2.48. The zero-order valence-corrected chi connectivity index (χ0v) is 24.2. The van der Waals surface area contributed by atoms with E-state index in [1.54, 1.807) is 0 Å². The molecule has 0 aromatic heterocycles. The van der Waals surface area contributed by atoms with Gasteiger partial charge in [-0.15, -0.1) is 11.8 Å². The molecule has 0 saturated carbocycles. The average Bonchev–Trinajstić information content (AvgIpc) is 2.89. The van der Waals surface area contributed by atoms with Crippen molar-refractivity contribution in [3.63, 3.8) is 0 Å². The van der Waals surface area contributed by atoms with Crippen molar-refractivity contribution in [1.29, 1.82) is 5.26 Å². The molecule has 1 unspecified atom stereocenters. The first-order valence-electron chi connectivity index (χ1n) is 12.8. The summed E-state index contributed by atoms with van der Waals surface area (Å²) in [6.45, 7) is 6.33. The fraction of sp³-hybridized carbons (Fsp3) is 0.250. The second-order valence-corrected chi connectivity index (χ2v) is 11.9. The van der Waals surface area contributed by atoms with E-state index in [0.29, 0.717) is 23.4 Å². The molecule has 0 bridgehead atoms. The van der Waals surface area contributed by atoms with Gasteiger partial charge in [-0.1, -0.05) is 57.9 Å². The van der Waals surface area contributed by atoms with Gasteiger partial charge in [-0.3, -0.25) is 9.69 Å². The Balaban J connectivity index is 1.65. The summed E-state index contributed by atoms with van der Waals surface area (Å²) in [6.07, 6.45) is 2.00. The van der Waals surface area contributed by atoms with Gasteiger partial charge in [0.2, 0.25) is 0 Å². The van der Waals surface area contributed by atoms with Crippen molar-refractivity contribution in [2.24, 2.45) is 5.73 Å². The van der Waals surface area contributed by atoms with Crippen LogP contribution in [0.2, 0.25) is 0 Å². The zero-order chi connectivity index (χ0) is 27.0. The topological polar surface area (TPSA) is 70.1 Å². The first-order chi connectivity index (χ1) is 18.3. The van der Waals surface area contributed by atoms with E-state index in [0.717, 1.165) is 51.1 Å². The molecular formula is C32H30BrN3OS. The van der Waals surface area contributed by atoms with Crippen LogP contribution in [0, 0.1) is 32.1 Å². The number of Topliss-reactive ketones (excluding diaryl/α,β-unsaturated/α-hetero) is 1. The molecule has 1 atom stereocenters. The predicted octanol–water partition coefficient (Wildman–Crippen LogP) is 7.97. The monoisotopic (exact) mass is 583 g/mol. The van der Waals surface area contributed by atoms with Gasteiger partial charge in [0, 0.05) is 38.5 Å². The van der Waals surface area contributed by atoms with Crippen LogP contribution in [0.1, 0.15) is 53.0 Å². The summed E-state index contributed by atoms with van der Waals surface area (Å²) >= 11 is 5.37. The van der Waals surface area contributed by atoms with Gasteiger partial charge >= 0.3 is 0 Å². The minimum absolute atomic E-state index is 0.105. The Hall–Kier alpha value is -3.27. The van der Waals surface area contributed by atoms with Gasteiger partial charge in [0.25, 0.3) is 0 Å². The molecule has 1 heterocycles. The Bertz CT molecular complexity index is 1550.